The van der Waals surface area contributed by atoms with Gasteiger partial charge in [-0.15, -0.1) is 5.10 Å². The fourth-order valence-electron chi connectivity index (χ4n) is 0.549. The maximum Gasteiger partial charge on any atom is 0.239 e. The summed E-state index contributed by atoms with van der Waals surface area (Å²) in [6.45, 7) is 0.106. The third-order valence-corrected chi connectivity index (χ3v) is 1.06. The molecule has 0 fully saturated rings. The minimum Gasteiger partial charge on any atom is -0.384 e. The number of aliphatic hydroxyl groups excluding tert-OH is 1. The molecule has 0 saturated carbocycles. The third-order valence-electron chi connectivity index (χ3n) is 1.06. The SMILES string of the molecule is NCC(O)c1nc(N)n[nH]1. The molecule has 0 aromatic carbocycles. The normalized spacial score (nSPS) is 13.4. The molecule has 6 N–H and O–H groups in total. The van der Waals surface area contributed by atoms with Gasteiger partial charge in [-0.2, -0.15) is 4.98 Å². The largest absolute Gasteiger partial charge is 0.384 e. The van der Waals surface area contributed by atoms with Crippen LogP contribution in [-0.2, 0) is 0 Å². The monoisotopic (exact) mass is 143 g/mol. The number of nitrogens with two attached hydrogens (primary N) is 2. The Morgan fingerprint density at radius 1 is 1.70 bits per heavy atom. The van der Waals surface area contributed by atoms with Crippen molar-refractivity contribution in [1.29, 1.82) is 0 Å². The molecule has 10 heavy (non-hydrogen) atoms. The predicted octanol–water partition coefficient (Wildman–Crippen LogP) is -1.62. The highest BCUT2D eigenvalue weighted by Crippen LogP contribution is 2.04. The number of aliphatic hydroxyl groups is 1. The predicted molar refractivity (Wildman–Crippen MR) is 34.8 cm³/mol. The summed E-state index contributed by atoms with van der Waals surface area (Å²) in [5, 5.41) is 15.0. The average molecular weight is 143 g/mol. The van der Waals surface area contributed by atoms with E-state index in [1.165, 1.54) is 0 Å². The molecule has 0 radical (unpaired) electrons. The number of nitrogens with zero attached hydrogens (tertiary/aromatic N) is 2. The maximum absolute atomic E-state index is 9.03. The van der Waals surface area contributed by atoms with E-state index in [1.807, 2.05) is 0 Å². The van der Waals surface area contributed by atoms with Gasteiger partial charge in [-0.1, -0.05) is 0 Å². The summed E-state index contributed by atoms with van der Waals surface area (Å²) < 4.78 is 0. The summed E-state index contributed by atoms with van der Waals surface area (Å²) in [5.74, 6) is 0.419. The van der Waals surface area contributed by atoms with Crippen LogP contribution in [0.15, 0.2) is 0 Å². The zero-order valence-corrected chi connectivity index (χ0v) is 5.28. The van der Waals surface area contributed by atoms with Gasteiger partial charge in [0.05, 0.1) is 0 Å². The van der Waals surface area contributed by atoms with Crippen LogP contribution in [0.2, 0.25) is 0 Å². The molecule has 1 aromatic heterocycles. The Balaban J connectivity index is 2.74. The van der Waals surface area contributed by atoms with E-state index in [1.54, 1.807) is 0 Å². The Morgan fingerprint density at radius 2 is 2.40 bits per heavy atom. The molecule has 0 amide bonds. The smallest absolute Gasteiger partial charge is 0.239 e. The molecule has 1 rings (SSSR count). The lowest BCUT2D eigenvalue weighted by Gasteiger charge is -1.99. The van der Waals surface area contributed by atoms with Crippen LogP contribution in [-0.4, -0.2) is 26.8 Å². The van der Waals surface area contributed by atoms with E-state index < -0.39 is 6.10 Å². The van der Waals surface area contributed by atoms with E-state index in [0.29, 0.717) is 5.82 Å². The number of aromatic nitrogens is 3. The van der Waals surface area contributed by atoms with E-state index in [9.17, 15) is 0 Å². The summed E-state index contributed by atoms with van der Waals surface area (Å²) in [6.07, 6.45) is -0.801. The van der Waals surface area contributed by atoms with Crippen molar-refractivity contribution in [2.45, 2.75) is 6.10 Å². The third kappa shape index (κ3) is 1.23. The summed E-state index contributed by atoms with van der Waals surface area (Å²) in [5.41, 5.74) is 10.3. The van der Waals surface area contributed by atoms with Crippen molar-refractivity contribution in [1.82, 2.24) is 15.2 Å². The van der Waals surface area contributed by atoms with Gasteiger partial charge in [0.1, 0.15) is 6.10 Å². The molecular weight excluding hydrogens is 134 g/mol. The Bertz CT molecular complexity index is 209. The fraction of sp³-hybridized carbons (Fsp3) is 0.500. The first-order valence-corrected chi connectivity index (χ1v) is 2.80. The molecule has 0 bridgehead atoms. The molecule has 6 heteroatoms. The van der Waals surface area contributed by atoms with Crippen LogP contribution in [0, 0.1) is 0 Å². The van der Waals surface area contributed by atoms with E-state index >= 15 is 0 Å². The van der Waals surface area contributed by atoms with Gasteiger partial charge in [-0.3, -0.25) is 5.10 Å². The first kappa shape index (κ1) is 6.97. The average Bonchev–Trinajstić information content (AvgIpc) is 2.34. The zero-order chi connectivity index (χ0) is 7.56. The standard InChI is InChI=1S/C4H9N5O/c5-1-2(10)3-7-4(6)9-8-3/h2,10H,1,5H2,(H3,6,7,8,9). The summed E-state index contributed by atoms with van der Waals surface area (Å²) in [7, 11) is 0. The number of aromatic amines is 1. The quantitative estimate of drug-likeness (QED) is 0.397. The Hall–Kier alpha value is -1.14. The van der Waals surface area contributed by atoms with Gasteiger partial charge in [0.2, 0.25) is 5.95 Å². The highest BCUT2D eigenvalue weighted by molar-refractivity contribution is 5.13. The van der Waals surface area contributed by atoms with Crippen LogP contribution in [0.5, 0.6) is 0 Å². The first-order chi connectivity index (χ1) is 4.74. The molecule has 0 spiro atoms. The lowest BCUT2D eigenvalue weighted by molar-refractivity contribution is 0.177. The van der Waals surface area contributed by atoms with Crippen molar-refractivity contribution in [3.63, 3.8) is 0 Å². The summed E-state index contributed by atoms with van der Waals surface area (Å²) >= 11 is 0. The van der Waals surface area contributed by atoms with E-state index in [0.717, 1.165) is 0 Å². The van der Waals surface area contributed by atoms with Gasteiger partial charge in [-0.25, -0.2) is 0 Å². The number of nitrogens with one attached hydrogen (secondary N) is 1. The number of anilines is 1. The lowest BCUT2D eigenvalue weighted by atomic mass is 10.3. The van der Waals surface area contributed by atoms with Gasteiger partial charge in [0.15, 0.2) is 5.82 Å². The van der Waals surface area contributed by atoms with E-state index in [2.05, 4.69) is 15.2 Å². The molecule has 0 aliphatic heterocycles. The van der Waals surface area contributed by atoms with Crippen molar-refractivity contribution in [3.8, 4) is 0 Å². The van der Waals surface area contributed by atoms with Gasteiger partial charge >= 0.3 is 0 Å². The molecule has 0 aliphatic carbocycles. The van der Waals surface area contributed by atoms with Crippen LogP contribution in [0.3, 0.4) is 0 Å². The molecular formula is C4H9N5O. The molecule has 0 aliphatic rings. The molecule has 1 aromatic rings. The summed E-state index contributed by atoms with van der Waals surface area (Å²) in [4.78, 5) is 3.66. The minimum atomic E-state index is -0.801. The van der Waals surface area contributed by atoms with Crippen LogP contribution < -0.4 is 11.5 Å². The molecule has 1 heterocycles. The second-order valence-corrected chi connectivity index (χ2v) is 1.83. The Kier molecular flexibility index (Phi) is 1.83. The number of hydrogen-bond acceptors (Lipinski definition) is 5. The highest BCUT2D eigenvalue weighted by atomic mass is 16.3. The van der Waals surface area contributed by atoms with Crippen molar-refractivity contribution < 1.29 is 5.11 Å². The van der Waals surface area contributed by atoms with Gasteiger partial charge in [0, 0.05) is 6.54 Å². The topological polar surface area (TPSA) is 114 Å². The highest BCUT2D eigenvalue weighted by Gasteiger charge is 2.08. The summed E-state index contributed by atoms with van der Waals surface area (Å²) in [6, 6.07) is 0. The van der Waals surface area contributed by atoms with E-state index in [-0.39, 0.29) is 12.5 Å². The number of nitrogen functional groups attached to an aromatic ring is 1. The van der Waals surface area contributed by atoms with Crippen molar-refractivity contribution >= 4 is 5.95 Å². The number of rotatable bonds is 2. The Morgan fingerprint density at radius 3 is 2.80 bits per heavy atom. The van der Waals surface area contributed by atoms with Gasteiger partial charge in [-0.05, 0) is 0 Å². The molecule has 1 atom stereocenters. The van der Waals surface area contributed by atoms with Gasteiger partial charge in [0.25, 0.3) is 0 Å². The molecule has 0 saturated heterocycles. The fourth-order valence-corrected chi connectivity index (χ4v) is 0.549. The molecule has 1 unspecified atom stereocenters. The first-order valence-electron chi connectivity index (χ1n) is 2.80. The van der Waals surface area contributed by atoms with Crippen molar-refractivity contribution in [3.05, 3.63) is 5.82 Å². The maximum atomic E-state index is 9.03. The van der Waals surface area contributed by atoms with Crippen LogP contribution in [0.25, 0.3) is 0 Å². The van der Waals surface area contributed by atoms with E-state index in [4.69, 9.17) is 16.6 Å². The second-order valence-electron chi connectivity index (χ2n) is 1.83. The Labute approximate surface area is 57.3 Å². The number of hydrogen-bond donors (Lipinski definition) is 4. The lowest BCUT2D eigenvalue weighted by Crippen LogP contribution is -2.12. The van der Waals surface area contributed by atoms with Crippen LogP contribution >= 0.6 is 0 Å². The van der Waals surface area contributed by atoms with Gasteiger partial charge < -0.3 is 16.6 Å². The minimum absolute atomic E-state index is 0.106. The molecule has 6 nitrogen and oxygen atoms in total. The van der Waals surface area contributed by atoms with Crippen molar-refractivity contribution in [2.75, 3.05) is 12.3 Å². The number of H-pyrrole nitrogens is 1. The zero-order valence-electron chi connectivity index (χ0n) is 5.28. The van der Waals surface area contributed by atoms with Crippen molar-refractivity contribution in [2.24, 2.45) is 5.73 Å². The second kappa shape index (κ2) is 2.63. The van der Waals surface area contributed by atoms with Crippen LogP contribution in [0.1, 0.15) is 11.9 Å². The van der Waals surface area contributed by atoms with Crippen LogP contribution in [0.4, 0.5) is 5.95 Å². The molecule has 56 valence electrons.